The molecule has 96 valence electrons. The SMILES string of the molecule is COC(=C(C#N)C#N)c1ccc(OC)c([N+](=O)[O-])c1. The molecule has 0 aromatic heterocycles. The molecule has 0 heterocycles. The lowest BCUT2D eigenvalue weighted by Gasteiger charge is -2.08. The van der Waals surface area contributed by atoms with E-state index in [1.807, 2.05) is 0 Å². The predicted molar refractivity (Wildman–Crippen MR) is 64.8 cm³/mol. The molecular weight excluding hydrogens is 250 g/mol. The van der Waals surface area contributed by atoms with Gasteiger partial charge in [0.25, 0.3) is 0 Å². The number of methoxy groups -OCH3 is 2. The van der Waals surface area contributed by atoms with E-state index in [0.717, 1.165) is 0 Å². The van der Waals surface area contributed by atoms with E-state index < -0.39 is 4.92 Å². The minimum Gasteiger partial charge on any atom is -0.494 e. The van der Waals surface area contributed by atoms with Crippen LogP contribution in [0.15, 0.2) is 23.8 Å². The van der Waals surface area contributed by atoms with E-state index in [9.17, 15) is 10.1 Å². The van der Waals surface area contributed by atoms with Crippen LogP contribution < -0.4 is 4.74 Å². The summed E-state index contributed by atoms with van der Waals surface area (Å²) in [5, 5.41) is 28.5. The van der Waals surface area contributed by atoms with Gasteiger partial charge in [-0.2, -0.15) is 10.5 Å². The van der Waals surface area contributed by atoms with Crippen LogP contribution in [0.2, 0.25) is 0 Å². The van der Waals surface area contributed by atoms with E-state index in [2.05, 4.69) is 0 Å². The number of nitrogens with zero attached hydrogens (tertiary/aromatic N) is 3. The molecule has 0 bridgehead atoms. The summed E-state index contributed by atoms with van der Waals surface area (Å²) in [5.74, 6) is 0.0652. The van der Waals surface area contributed by atoms with Gasteiger partial charge in [0.1, 0.15) is 12.1 Å². The highest BCUT2D eigenvalue weighted by Crippen LogP contribution is 2.31. The molecular formula is C12H9N3O4. The van der Waals surface area contributed by atoms with Crippen molar-refractivity contribution in [3.8, 4) is 17.9 Å². The van der Waals surface area contributed by atoms with Crippen LogP contribution >= 0.6 is 0 Å². The van der Waals surface area contributed by atoms with Gasteiger partial charge in [0.2, 0.25) is 0 Å². The highest BCUT2D eigenvalue weighted by atomic mass is 16.6. The number of rotatable bonds is 4. The van der Waals surface area contributed by atoms with Crippen molar-refractivity contribution in [1.82, 2.24) is 0 Å². The van der Waals surface area contributed by atoms with Gasteiger partial charge in [-0.25, -0.2) is 0 Å². The van der Waals surface area contributed by atoms with E-state index in [4.69, 9.17) is 20.0 Å². The number of nitriles is 2. The van der Waals surface area contributed by atoms with Crippen LogP contribution in [-0.4, -0.2) is 19.1 Å². The smallest absolute Gasteiger partial charge is 0.311 e. The van der Waals surface area contributed by atoms with Crippen LogP contribution in [0.1, 0.15) is 5.56 Å². The van der Waals surface area contributed by atoms with Crippen molar-refractivity contribution in [2.45, 2.75) is 0 Å². The van der Waals surface area contributed by atoms with Gasteiger partial charge in [-0.3, -0.25) is 10.1 Å². The Labute approximate surface area is 109 Å². The highest BCUT2D eigenvalue weighted by Gasteiger charge is 2.19. The fraction of sp³-hybridized carbons (Fsp3) is 0.167. The van der Waals surface area contributed by atoms with E-state index in [0.29, 0.717) is 0 Å². The molecule has 0 aliphatic rings. The summed E-state index contributed by atoms with van der Waals surface area (Å²) in [6.45, 7) is 0. The fourth-order valence-electron chi connectivity index (χ4n) is 1.46. The molecule has 7 heteroatoms. The second-order valence-corrected chi connectivity index (χ2v) is 3.28. The first-order valence-electron chi connectivity index (χ1n) is 5.00. The summed E-state index contributed by atoms with van der Waals surface area (Å²) in [4.78, 5) is 10.3. The molecule has 0 aliphatic carbocycles. The molecule has 0 N–H and O–H groups in total. The molecule has 0 radical (unpaired) electrons. The van der Waals surface area contributed by atoms with Gasteiger partial charge in [0.15, 0.2) is 17.1 Å². The topological polar surface area (TPSA) is 109 Å². The Morgan fingerprint density at radius 2 is 1.95 bits per heavy atom. The van der Waals surface area contributed by atoms with Crippen LogP contribution in [0.4, 0.5) is 5.69 Å². The molecule has 0 unspecified atom stereocenters. The second kappa shape index (κ2) is 6.03. The maximum atomic E-state index is 10.9. The number of nitro groups is 1. The molecule has 7 nitrogen and oxygen atoms in total. The molecule has 1 aromatic rings. The van der Waals surface area contributed by atoms with Crippen LogP contribution in [-0.2, 0) is 4.74 Å². The Morgan fingerprint density at radius 3 is 2.37 bits per heavy atom. The van der Waals surface area contributed by atoms with Crippen molar-refractivity contribution < 1.29 is 14.4 Å². The molecule has 1 rings (SSSR count). The van der Waals surface area contributed by atoms with Crippen LogP contribution in [0.25, 0.3) is 5.76 Å². The van der Waals surface area contributed by atoms with Crippen LogP contribution in [0, 0.1) is 32.8 Å². The zero-order chi connectivity index (χ0) is 14.4. The summed E-state index contributed by atoms with van der Waals surface area (Å²) in [7, 11) is 2.59. The Morgan fingerprint density at radius 1 is 1.32 bits per heavy atom. The Hall–Kier alpha value is -3.06. The lowest BCUT2D eigenvalue weighted by molar-refractivity contribution is -0.385. The number of nitro benzene ring substituents is 1. The summed E-state index contributed by atoms with van der Waals surface area (Å²) >= 11 is 0. The Kier molecular flexibility index (Phi) is 4.44. The predicted octanol–water partition coefficient (Wildman–Crippen LogP) is 2.01. The summed E-state index contributed by atoms with van der Waals surface area (Å²) in [5.41, 5.74) is -0.278. The first-order chi connectivity index (χ1) is 9.08. The highest BCUT2D eigenvalue weighted by molar-refractivity contribution is 5.73. The lowest BCUT2D eigenvalue weighted by Crippen LogP contribution is -1.97. The standard InChI is InChI=1S/C12H9N3O4/c1-18-11-4-3-8(5-10(11)15(16)17)12(19-2)9(6-13)7-14/h3-5H,1-2H3. The second-order valence-electron chi connectivity index (χ2n) is 3.28. The maximum Gasteiger partial charge on any atom is 0.311 e. The molecule has 0 spiro atoms. The third-order valence-electron chi connectivity index (χ3n) is 2.29. The van der Waals surface area contributed by atoms with Gasteiger partial charge in [-0.05, 0) is 12.1 Å². The molecule has 19 heavy (non-hydrogen) atoms. The maximum absolute atomic E-state index is 10.9. The van der Waals surface area contributed by atoms with E-state index in [1.54, 1.807) is 12.1 Å². The lowest BCUT2D eigenvalue weighted by atomic mass is 10.1. The third-order valence-corrected chi connectivity index (χ3v) is 2.29. The monoisotopic (exact) mass is 259 g/mol. The number of ether oxygens (including phenoxy) is 2. The molecule has 0 saturated carbocycles. The van der Waals surface area contributed by atoms with E-state index in [-0.39, 0.29) is 28.3 Å². The first kappa shape index (κ1) is 14.0. The minimum absolute atomic E-state index is 0.0178. The van der Waals surface area contributed by atoms with E-state index in [1.165, 1.54) is 32.4 Å². The average Bonchev–Trinajstić information content (AvgIpc) is 2.43. The van der Waals surface area contributed by atoms with Gasteiger partial charge in [0, 0.05) is 11.6 Å². The summed E-state index contributed by atoms with van der Waals surface area (Å²) < 4.78 is 9.82. The van der Waals surface area contributed by atoms with Crippen molar-refractivity contribution in [2.75, 3.05) is 14.2 Å². The summed E-state index contributed by atoms with van der Waals surface area (Å²) in [6.07, 6.45) is 0. The quantitative estimate of drug-likeness (QED) is 0.354. The van der Waals surface area contributed by atoms with Gasteiger partial charge in [0.05, 0.1) is 19.1 Å². The van der Waals surface area contributed by atoms with Crippen molar-refractivity contribution in [2.24, 2.45) is 0 Å². The van der Waals surface area contributed by atoms with Crippen molar-refractivity contribution >= 4 is 11.4 Å². The minimum atomic E-state index is -0.617. The molecule has 0 atom stereocenters. The number of allylic oxidation sites excluding steroid dienone is 1. The first-order valence-corrected chi connectivity index (χ1v) is 5.00. The number of hydrogen-bond acceptors (Lipinski definition) is 6. The fourth-order valence-corrected chi connectivity index (χ4v) is 1.46. The normalized spacial score (nSPS) is 8.84. The number of hydrogen-bond donors (Lipinski definition) is 0. The molecule has 0 fully saturated rings. The van der Waals surface area contributed by atoms with Crippen LogP contribution in [0.3, 0.4) is 0 Å². The largest absolute Gasteiger partial charge is 0.494 e. The van der Waals surface area contributed by atoms with Gasteiger partial charge in [-0.1, -0.05) is 0 Å². The molecule has 0 amide bonds. The molecule has 0 saturated heterocycles. The van der Waals surface area contributed by atoms with Gasteiger partial charge in [-0.15, -0.1) is 0 Å². The number of benzene rings is 1. The van der Waals surface area contributed by atoms with Crippen molar-refractivity contribution in [1.29, 1.82) is 10.5 Å². The van der Waals surface area contributed by atoms with Crippen molar-refractivity contribution in [3.05, 3.63) is 39.4 Å². The third kappa shape index (κ3) is 2.79. The molecule has 0 aliphatic heterocycles. The van der Waals surface area contributed by atoms with Gasteiger partial charge < -0.3 is 9.47 Å². The van der Waals surface area contributed by atoms with Crippen LogP contribution in [0.5, 0.6) is 5.75 Å². The van der Waals surface area contributed by atoms with E-state index >= 15 is 0 Å². The average molecular weight is 259 g/mol. The Bertz CT molecular complexity index is 607. The molecule has 1 aromatic carbocycles. The van der Waals surface area contributed by atoms with Gasteiger partial charge >= 0.3 is 5.69 Å². The summed E-state index contributed by atoms with van der Waals surface area (Å²) in [6, 6.07) is 7.37. The van der Waals surface area contributed by atoms with Crippen molar-refractivity contribution in [3.63, 3.8) is 0 Å². The zero-order valence-electron chi connectivity index (χ0n) is 10.2. The zero-order valence-corrected chi connectivity index (χ0v) is 10.2. The Balaban J connectivity index is 3.50.